The van der Waals surface area contributed by atoms with E-state index in [1.807, 2.05) is 4.90 Å². The average molecular weight is 417 g/mol. The van der Waals surface area contributed by atoms with Crippen molar-refractivity contribution in [1.29, 1.82) is 0 Å². The molecule has 1 aliphatic heterocycles. The number of hydrogen-bond acceptors (Lipinski definition) is 5. The molecule has 0 bridgehead atoms. The molecule has 2 atom stereocenters. The lowest BCUT2D eigenvalue weighted by atomic mass is 10.0. The van der Waals surface area contributed by atoms with Gasteiger partial charge in [0.15, 0.2) is 0 Å². The van der Waals surface area contributed by atoms with Crippen molar-refractivity contribution in [3.8, 4) is 0 Å². The van der Waals surface area contributed by atoms with Crippen molar-refractivity contribution in [2.24, 2.45) is 5.73 Å². The number of piperidine rings is 1. The largest absolute Gasteiger partial charge is 0.406 e. The molecule has 0 unspecified atom stereocenters. The Morgan fingerprint density at radius 1 is 1.41 bits per heavy atom. The number of amides is 1. The molecule has 1 amide bonds. The molecule has 0 saturated carbocycles. The third-order valence-electron chi connectivity index (χ3n) is 5.00. The first-order valence-corrected chi connectivity index (χ1v) is 9.09. The highest BCUT2D eigenvalue weighted by Crippen LogP contribution is 2.27. The molecule has 2 aromatic rings. The van der Waals surface area contributed by atoms with Crippen LogP contribution in [0.4, 0.5) is 23.5 Å². The molecule has 0 aliphatic carbocycles. The molecule has 160 valence electrons. The summed E-state index contributed by atoms with van der Waals surface area (Å²) >= 11 is 0. The van der Waals surface area contributed by atoms with Gasteiger partial charge in [-0.2, -0.15) is 13.2 Å². The Balaban J connectivity index is 1.92. The Morgan fingerprint density at radius 2 is 2.14 bits per heavy atom. The maximum absolute atomic E-state index is 13.7. The first kappa shape index (κ1) is 21.3. The minimum absolute atomic E-state index is 0.124. The van der Waals surface area contributed by atoms with Gasteiger partial charge in [-0.05, 0) is 18.6 Å². The van der Waals surface area contributed by atoms with Gasteiger partial charge in [0.05, 0.1) is 17.1 Å². The Labute approximate surface area is 165 Å². The maximum Gasteiger partial charge on any atom is 0.406 e. The summed E-state index contributed by atoms with van der Waals surface area (Å²) in [5.74, 6) is -0.864. The highest BCUT2D eigenvalue weighted by molar-refractivity contribution is 5.83. The number of likely N-dealkylation sites (N-methyl/N-ethyl adjacent to an activating group) is 1. The van der Waals surface area contributed by atoms with E-state index in [0.717, 1.165) is 7.05 Å². The highest BCUT2D eigenvalue weighted by atomic mass is 19.4. The topological polar surface area (TPSA) is 76.6 Å². The SMILES string of the molecule is CO[C@@H]1CCN(c2nc3cc(F)ccc3n2CC(=O)N(C)CC(F)(F)F)C[C@H]1N. The molecule has 1 fully saturated rings. The summed E-state index contributed by atoms with van der Waals surface area (Å²) < 4.78 is 58.4. The molecule has 0 spiro atoms. The van der Waals surface area contributed by atoms with E-state index in [1.54, 1.807) is 7.11 Å². The Morgan fingerprint density at radius 3 is 2.76 bits per heavy atom. The van der Waals surface area contributed by atoms with Crippen LogP contribution in [0.2, 0.25) is 0 Å². The van der Waals surface area contributed by atoms with Crippen LogP contribution in [0.3, 0.4) is 0 Å². The number of nitrogens with zero attached hydrogens (tertiary/aromatic N) is 4. The van der Waals surface area contributed by atoms with Crippen molar-refractivity contribution >= 4 is 22.9 Å². The number of fused-ring (bicyclic) bond motifs is 1. The van der Waals surface area contributed by atoms with Gasteiger partial charge in [-0.15, -0.1) is 0 Å². The fourth-order valence-corrected chi connectivity index (χ4v) is 3.54. The molecule has 2 N–H and O–H groups in total. The lowest BCUT2D eigenvalue weighted by molar-refractivity contribution is -0.158. The zero-order chi connectivity index (χ0) is 21.3. The number of benzene rings is 1. The number of methoxy groups -OCH3 is 1. The summed E-state index contributed by atoms with van der Waals surface area (Å²) in [5, 5.41) is 0. The number of nitrogens with two attached hydrogens (primary N) is 1. The van der Waals surface area contributed by atoms with Crippen molar-refractivity contribution in [2.45, 2.75) is 31.3 Å². The molecule has 1 aromatic carbocycles. The van der Waals surface area contributed by atoms with Crippen molar-refractivity contribution in [1.82, 2.24) is 14.5 Å². The van der Waals surface area contributed by atoms with E-state index in [2.05, 4.69) is 4.98 Å². The number of ether oxygens (including phenoxy) is 1. The van der Waals surface area contributed by atoms with Crippen LogP contribution in [0.1, 0.15) is 6.42 Å². The molecule has 1 saturated heterocycles. The first-order chi connectivity index (χ1) is 13.6. The highest BCUT2D eigenvalue weighted by Gasteiger charge is 2.33. The van der Waals surface area contributed by atoms with Gasteiger partial charge in [-0.25, -0.2) is 9.37 Å². The number of anilines is 1. The van der Waals surface area contributed by atoms with Gasteiger partial charge >= 0.3 is 6.18 Å². The number of imidazole rings is 1. The number of carbonyl (C=O) groups excluding carboxylic acids is 1. The van der Waals surface area contributed by atoms with Crippen LogP contribution in [0.25, 0.3) is 11.0 Å². The van der Waals surface area contributed by atoms with Gasteiger partial charge in [-0.1, -0.05) is 0 Å². The Hall–Kier alpha value is -2.40. The van der Waals surface area contributed by atoms with Crippen molar-refractivity contribution in [3.63, 3.8) is 0 Å². The molecule has 2 heterocycles. The predicted octanol–water partition coefficient (Wildman–Crippen LogP) is 1.75. The van der Waals surface area contributed by atoms with Crippen LogP contribution < -0.4 is 10.6 Å². The summed E-state index contributed by atoms with van der Waals surface area (Å²) in [6.07, 6.45) is -4.00. The second-order valence-electron chi connectivity index (χ2n) is 7.17. The lowest BCUT2D eigenvalue weighted by Crippen LogP contribution is -2.52. The summed E-state index contributed by atoms with van der Waals surface area (Å²) in [6.45, 7) is -0.794. The Bertz CT molecular complexity index is 885. The van der Waals surface area contributed by atoms with Crippen LogP contribution in [0.15, 0.2) is 18.2 Å². The van der Waals surface area contributed by atoms with Gasteiger partial charge in [0.25, 0.3) is 0 Å². The normalized spacial score (nSPS) is 20.3. The summed E-state index contributed by atoms with van der Waals surface area (Å²) in [5.41, 5.74) is 6.91. The molecule has 3 rings (SSSR count). The lowest BCUT2D eigenvalue weighted by Gasteiger charge is -2.36. The summed E-state index contributed by atoms with van der Waals surface area (Å²) in [4.78, 5) is 19.3. The number of hydrogen-bond donors (Lipinski definition) is 1. The van der Waals surface area contributed by atoms with Crippen molar-refractivity contribution < 1.29 is 27.1 Å². The standard InChI is InChI=1S/C18H23F4N5O2/c1-25(10-18(20,21)22)16(28)9-27-14-4-3-11(19)7-13(14)24-17(27)26-6-5-15(29-2)12(23)8-26/h3-4,7,12,15H,5-6,8-10,23H2,1-2H3/t12-,15-/m1/s1. The zero-order valence-corrected chi connectivity index (χ0v) is 16.1. The van der Waals surface area contributed by atoms with Crippen molar-refractivity contribution in [3.05, 3.63) is 24.0 Å². The summed E-state index contributed by atoms with van der Waals surface area (Å²) in [7, 11) is 2.67. The molecular formula is C18H23F4N5O2. The number of halogens is 4. The predicted molar refractivity (Wildman–Crippen MR) is 99.0 cm³/mol. The number of rotatable bonds is 5. The van der Waals surface area contributed by atoms with Crippen LogP contribution in [-0.4, -0.2) is 72.5 Å². The van der Waals surface area contributed by atoms with E-state index in [1.165, 1.54) is 22.8 Å². The number of carbonyl (C=O) groups is 1. The van der Waals surface area contributed by atoms with E-state index in [9.17, 15) is 22.4 Å². The van der Waals surface area contributed by atoms with Crippen LogP contribution in [-0.2, 0) is 16.1 Å². The number of aromatic nitrogens is 2. The van der Waals surface area contributed by atoms with E-state index in [0.29, 0.717) is 41.4 Å². The quantitative estimate of drug-likeness (QED) is 0.751. The van der Waals surface area contributed by atoms with Gasteiger partial charge < -0.3 is 24.8 Å². The fraction of sp³-hybridized carbons (Fsp3) is 0.556. The molecule has 29 heavy (non-hydrogen) atoms. The van der Waals surface area contributed by atoms with E-state index < -0.39 is 24.4 Å². The summed E-state index contributed by atoms with van der Waals surface area (Å²) in [6, 6.07) is 3.60. The zero-order valence-electron chi connectivity index (χ0n) is 16.1. The molecule has 1 aliphatic rings. The molecular weight excluding hydrogens is 394 g/mol. The van der Waals surface area contributed by atoms with Crippen LogP contribution in [0.5, 0.6) is 0 Å². The maximum atomic E-state index is 13.7. The van der Waals surface area contributed by atoms with Crippen LogP contribution >= 0.6 is 0 Å². The Kier molecular flexibility index (Phi) is 5.99. The van der Waals surface area contributed by atoms with Gasteiger partial charge in [-0.3, -0.25) is 4.79 Å². The van der Waals surface area contributed by atoms with E-state index in [4.69, 9.17) is 10.5 Å². The molecule has 1 aromatic heterocycles. The van der Waals surface area contributed by atoms with Gasteiger partial charge in [0.1, 0.15) is 18.9 Å². The third kappa shape index (κ3) is 4.78. The average Bonchev–Trinajstić information content (AvgIpc) is 2.97. The second kappa shape index (κ2) is 8.15. The minimum Gasteiger partial charge on any atom is -0.380 e. The monoisotopic (exact) mass is 417 g/mol. The smallest absolute Gasteiger partial charge is 0.380 e. The minimum atomic E-state index is -4.50. The van der Waals surface area contributed by atoms with E-state index >= 15 is 0 Å². The fourth-order valence-electron chi connectivity index (χ4n) is 3.54. The number of alkyl halides is 3. The van der Waals surface area contributed by atoms with E-state index in [-0.39, 0.29) is 18.7 Å². The third-order valence-corrected chi connectivity index (χ3v) is 5.00. The molecule has 0 radical (unpaired) electrons. The van der Waals surface area contributed by atoms with Gasteiger partial charge in [0, 0.05) is 39.4 Å². The first-order valence-electron chi connectivity index (χ1n) is 9.09. The molecule has 7 nitrogen and oxygen atoms in total. The second-order valence-corrected chi connectivity index (χ2v) is 7.17. The van der Waals surface area contributed by atoms with Crippen LogP contribution in [0, 0.1) is 5.82 Å². The molecule has 11 heteroatoms. The van der Waals surface area contributed by atoms with Crippen molar-refractivity contribution in [2.75, 3.05) is 38.7 Å². The van der Waals surface area contributed by atoms with Gasteiger partial charge in [0.2, 0.25) is 11.9 Å².